The van der Waals surface area contributed by atoms with E-state index < -0.39 is 11.6 Å². The van der Waals surface area contributed by atoms with Gasteiger partial charge in [-0.3, -0.25) is 0 Å². The van der Waals surface area contributed by atoms with E-state index in [1.807, 2.05) is 13.0 Å². The van der Waals surface area contributed by atoms with Crippen LogP contribution in [0.3, 0.4) is 0 Å². The number of nitrogens with zero attached hydrogens (tertiary/aromatic N) is 1. The van der Waals surface area contributed by atoms with Crippen molar-refractivity contribution in [3.63, 3.8) is 0 Å². The SMILES string of the molecule is CCCNCc1cnc(Oc2cccc(F)c2F)c(C)c1. The number of ether oxygens (including phenoxy) is 1. The van der Waals surface area contributed by atoms with Gasteiger partial charge < -0.3 is 10.1 Å². The summed E-state index contributed by atoms with van der Waals surface area (Å²) in [5.74, 6) is -1.83. The molecule has 0 saturated heterocycles. The van der Waals surface area contributed by atoms with Crippen LogP contribution in [0.2, 0.25) is 0 Å². The van der Waals surface area contributed by atoms with E-state index in [2.05, 4.69) is 17.2 Å². The standard InChI is InChI=1S/C16H18F2N2O/c1-3-7-19-9-12-8-11(2)16(20-10-12)21-14-6-4-5-13(17)15(14)18/h4-6,8,10,19H,3,7,9H2,1-2H3. The highest BCUT2D eigenvalue weighted by molar-refractivity contribution is 5.34. The van der Waals surface area contributed by atoms with Crippen molar-refractivity contribution in [1.82, 2.24) is 10.3 Å². The average molecular weight is 292 g/mol. The van der Waals surface area contributed by atoms with E-state index >= 15 is 0 Å². The molecule has 112 valence electrons. The van der Waals surface area contributed by atoms with Crippen LogP contribution in [0.15, 0.2) is 30.5 Å². The fraction of sp³-hybridized carbons (Fsp3) is 0.312. The summed E-state index contributed by atoms with van der Waals surface area (Å²) in [7, 11) is 0. The molecule has 0 aliphatic rings. The molecule has 2 rings (SSSR count). The zero-order valence-electron chi connectivity index (χ0n) is 12.1. The molecule has 0 fully saturated rings. The number of hydrogen-bond donors (Lipinski definition) is 1. The van der Waals surface area contributed by atoms with E-state index in [1.54, 1.807) is 6.20 Å². The first kappa shape index (κ1) is 15.4. The molecule has 0 aliphatic heterocycles. The van der Waals surface area contributed by atoms with Crippen LogP contribution in [0.1, 0.15) is 24.5 Å². The molecular formula is C16H18F2N2O. The number of halogens is 2. The third-order valence-electron chi connectivity index (χ3n) is 2.97. The van der Waals surface area contributed by atoms with Gasteiger partial charge in [-0.15, -0.1) is 0 Å². The van der Waals surface area contributed by atoms with Crippen LogP contribution >= 0.6 is 0 Å². The lowest BCUT2D eigenvalue weighted by Gasteiger charge is -2.10. The van der Waals surface area contributed by atoms with E-state index in [-0.39, 0.29) is 11.6 Å². The Hall–Kier alpha value is -2.01. The molecule has 1 N–H and O–H groups in total. The molecule has 5 heteroatoms. The Morgan fingerprint density at radius 3 is 2.81 bits per heavy atom. The Bertz CT molecular complexity index is 617. The summed E-state index contributed by atoms with van der Waals surface area (Å²) in [4.78, 5) is 4.17. The molecule has 0 aliphatic carbocycles. The fourth-order valence-corrected chi connectivity index (χ4v) is 1.90. The van der Waals surface area contributed by atoms with Crippen LogP contribution in [-0.2, 0) is 6.54 Å². The lowest BCUT2D eigenvalue weighted by molar-refractivity contribution is 0.403. The maximum Gasteiger partial charge on any atom is 0.222 e. The van der Waals surface area contributed by atoms with E-state index in [4.69, 9.17) is 4.74 Å². The quantitative estimate of drug-likeness (QED) is 0.818. The van der Waals surface area contributed by atoms with Gasteiger partial charge in [-0.2, -0.15) is 4.39 Å². The number of aromatic nitrogens is 1. The van der Waals surface area contributed by atoms with Crippen LogP contribution in [0.5, 0.6) is 11.6 Å². The summed E-state index contributed by atoms with van der Waals surface area (Å²) >= 11 is 0. The first-order chi connectivity index (χ1) is 10.1. The molecular weight excluding hydrogens is 274 g/mol. The molecule has 0 saturated carbocycles. The molecule has 21 heavy (non-hydrogen) atoms. The maximum absolute atomic E-state index is 13.6. The van der Waals surface area contributed by atoms with Crippen molar-refractivity contribution >= 4 is 0 Å². The summed E-state index contributed by atoms with van der Waals surface area (Å²) in [6, 6.07) is 5.73. The minimum atomic E-state index is -1.01. The van der Waals surface area contributed by atoms with E-state index in [0.29, 0.717) is 0 Å². The van der Waals surface area contributed by atoms with Gasteiger partial charge >= 0.3 is 0 Å². The molecule has 1 aromatic heterocycles. The van der Waals surface area contributed by atoms with Gasteiger partial charge in [0.05, 0.1) is 0 Å². The second-order valence-electron chi connectivity index (χ2n) is 4.80. The van der Waals surface area contributed by atoms with Gasteiger partial charge in [0.15, 0.2) is 11.6 Å². The first-order valence-electron chi connectivity index (χ1n) is 6.90. The summed E-state index contributed by atoms with van der Waals surface area (Å²) in [5.41, 5.74) is 1.79. The van der Waals surface area contributed by atoms with Gasteiger partial charge in [-0.1, -0.05) is 13.0 Å². The van der Waals surface area contributed by atoms with Gasteiger partial charge in [-0.05, 0) is 43.7 Å². The van der Waals surface area contributed by atoms with Gasteiger partial charge in [0.25, 0.3) is 0 Å². The molecule has 0 unspecified atom stereocenters. The maximum atomic E-state index is 13.6. The topological polar surface area (TPSA) is 34.2 Å². The number of hydrogen-bond acceptors (Lipinski definition) is 3. The van der Waals surface area contributed by atoms with E-state index in [0.717, 1.165) is 36.7 Å². The summed E-state index contributed by atoms with van der Waals surface area (Å²) in [6.07, 6.45) is 2.73. The number of benzene rings is 1. The highest BCUT2D eigenvalue weighted by Gasteiger charge is 2.12. The van der Waals surface area contributed by atoms with Crippen LogP contribution < -0.4 is 10.1 Å². The number of pyridine rings is 1. The zero-order chi connectivity index (χ0) is 15.2. The normalized spacial score (nSPS) is 10.7. The second kappa shape index (κ2) is 7.13. The Labute approximate surface area is 123 Å². The minimum Gasteiger partial charge on any atom is -0.436 e. The Morgan fingerprint density at radius 2 is 2.10 bits per heavy atom. The molecule has 0 bridgehead atoms. The summed E-state index contributed by atoms with van der Waals surface area (Å²) in [5, 5.41) is 3.27. The van der Waals surface area contributed by atoms with Crippen LogP contribution in [0.25, 0.3) is 0 Å². The average Bonchev–Trinajstić information content (AvgIpc) is 2.47. The number of rotatable bonds is 6. The van der Waals surface area contributed by atoms with Crippen molar-refractivity contribution < 1.29 is 13.5 Å². The van der Waals surface area contributed by atoms with Gasteiger partial charge in [0, 0.05) is 18.3 Å². The lowest BCUT2D eigenvalue weighted by atomic mass is 10.2. The van der Waals surface area contributed by atoms with Crippen molar-refractivity contribution in [2.24, 2.45) is 0 Å². The van der Waals surface area contributed by atoms with Crippen LogP contribution in [0.4, 0.5) is 8.78 Å². The largest absolute Gasteiger partial charge is 0.436 e. The van der Waals surface area contributed by atoms with E-state index in [9.17, 15) is 8.78 Å². The van der Waals surface area contributed by atoms with Crippen molar-refractivity contribution in [1.29, 1.82) is 0 Å². The van der Waals surface area contributed by atoms with Crippen LogP contribution in [0, 0.1) is 18.6 Å². The number of nitrogens with one attached hydrogen (secondary N) is 1. The van der Waals surface area contributed by atoms with Crippen molar-refractivity contribution in [2.45, 2.75) is 26.8 Å². The Morgan fingerprint density at radius 1 is 1.29 bits per heavy atom. The van der Waals surface area contributed by atoms with Crippen molar-refractivity contribution in [3.8, 4) is 11.6 Å². The van der Waals surface area contributed by atoms with Gasteiger partial charge in [0.2, 0.25) is 11.7 Å². The number of aryl methyl sites for hydroxylation is 1. The highest BCUT2D eigenvalue weighted by Crippen LogP contribution is 2.26. The lowest BCUT2D eigenvalue weighted by Crippen LogP contribution is -2.14. The molecule has 0 radical (unpaired) electrons. The Kier molecular flexibility index (Phi) is 5.22. The summed E-state index contributed by atoms with van der Waals surface area (Å²) in [6.45, 7) is 5.58. The third kappa shape index (κ3) is 3.98. The van der Waals surface area contributed by atoms with Gasteiger partial charge in [-0.25, -0.2) is 9.37 Å². The molecule has 2 aromatic rings. The predicted octanol–water partition coefficient (Wildman–Crippen LogP) is 3.96. The van der Waals surface area contributed by atoms with Crippen LogP contribution in [-0.4, -0.2) is 11.5 Å². The monoisotopic (exact) mass is 292 g/mol. The van der Waals surface area contributed by atoms with Crippen molar-refractivity contribution in [3.05, 3.63) is 53.2 Å². The summed E-state index contributed by atoms with van der Waals surface area (Å²) < 4.78 is 32.1. The highest BCUT2D eigenvalue weighted by atomic mass is 19.2. The van der Waals surface area contributed by atoms with E-state index in [1.165, 1.54) is 12.1 Å². The minimum absolute atomic E-state index is 0.164. The van der Waals surface area contributed by atoms with Gasteiger partial charge in [0.1, 0.15) is 0 Å². The molecule has 3 nitrogen and oxygen atoms in total. The molecule has 0 atom stereocenters. The fourth-order valence-electron chi connectivity index (χ4n) is 1.90. The smallest absolute Gasteiger partial charge is 0.222 e. The Balaban J connectivity index is 2.12. The first-order valence-corrected chi connectivity index (χ1v) is 6.90. The molecule has 0 amide bonds. The molecule has 1 heterocycles. The molecule has 0 spiro atoms. The third-order valence-corrected chi connectivity index (χ3v) is 2.97. The van der Waals surface area contributed by atoms with Crippen molar-refractivity contribution in [2.75, 3.05) is 6.54 Å². The molecule has 1 aromatic carbocycles. The zero-order valence-corrected chi connectivity index (χ0v) is 12.1. The second-order valence-corrected chi connectivity index (χ2v) is 4.80. The predicted molar refractivity (Wildman–Crippen MR) is 77.4 cm³/mol.